The van der Waals surface area contributed by atoms with Gasteiger partial charge in [0.25, 0.3) is 5.91 Å². The van der Waals surface area contributed by atoms with Gasteiger partial charge < -0.3 is 14.6 Å². The van der Waals surface area contributed by atoms with Gasteiger partial charge in [-0.2, -0.15) is 0 Å². The van der Waals surface area contributed by atoms with Gasteiger partial charge in [0.2, 0.25) is 0 Å². The average molecular weight is 364 g/mol. The van der Waals surface area contributed by atoms with Crippen molar-refractivity contribution in [2.45, 2.75) is 20.4 Å². The standard InChI is InChI=1S/C21H24N4O2/c1-15-20(24-16(2)23-15)17-7-9-18(10-8-17)21(26)25(12-13-27-3)14-19-6-4-5-11-22-19/h4-11H,12-14H2,1-3H3,(H,23,24). The molecule has 27 heavy (non-hydrogen) atoms. The Morgan fingerprint density at radius 1 is 1.15 bits per heavy atom. The van der Waals surface area contributed by atoms with E-state index >= 15 is 0 Å². The molecule has 0 bridgehead atoms. The van der Waals surface area contributed by atoms with Gasteiger partial charge in [0.05, 0.1) is 24.5 Å². The Morgan fingerprint density at radius 3 is 2.52 bits per heavy atom. The van der Waals surface area contributed by atoms with Gasteiger partial charge in [-0.3, -0.25) is 9.78 Å². The number of imidazole rings is 1. The van der Waals surface area contributed by atoms with Gasteiger partial charge in [-0.1, -0.05) is 18.2 Å². The first-order valence-electron chi connectivity index (χ1n) is 8.90. The number of aromatic nitrogens is 3. The summed E-state index contributed by atoms with van der Waals surface area (Å²) < 4.78 is 5.16. The van der Waals surface area contributed by atoms with Crippen LogP contribution in [0.2, 0.25) is 0 Å². The topological polar surface area (TPSA) is 71.1 Å². The Hall–Kier alpha value is -2.99. The highest BCUT2D eigenvalue weighted by Gasteiger charge is 2.17. The van der Waals surface area contributed by atoms with Crippen molar-refractivity contribution in [3.05, 3.63) is 71.4 Å². The van der Waals surface area contributed by atoms with Crippen LogP contribution in [0.5, 0.6) is 0 Å². The Morgan fingerprint density at radius 2 is 1.93 bits per heavy atom. The molecule has 2 aromatic heterocycles. The summed E-state index contributed by atoms with van der Waals surface area (Å²) in [6, 6.07) is 13.3. The molecule has 6 nitrogen and oxygen atoms in total. The molecule has 3 rings (SSSR count). The molecule has 1 N–H and O–H groups in total. The van der Waals surface area contributed by atoms with Crippen LogP contribution in [0.15, 0.2) is 48.7 Å². The molecule has 140 valence electrons. The molecule has 0 atom stereocenters. The van der Waals surface area contributed by atoms with Crippen molar-refractivity contribution in [1.82, 2.24) is 19.9 Å². The molecule has 1 amide bonds. The fourth-order valence-corrected chi connectivity index (χ4v) is 2.99. The number of nitrogens with zero attached hydrogens (tertiary/aromatic N) is 3. The molecule has 3 aromatic rings. The lowest BCUT2D eigenvalue weighted by Gasteiger charge is -2.22. The molecule has 1 aromatic carbocycles. The van der Waals surface area contributed by atoms with E-state index in [2.05, 4.69) is 15.0 Å². The van der Waals surface area contributed by atoms with Crippen LogP contribution in [0.25, 0.3) is 11.3 Å². The maximum atomic E-state index is 13.0. The molecule has 0 fully saturated rings. The fourth-order valence-electron chi connectivity index (χ4n) is 2.99. The summed E-state index contributed by atoms with van der Waals surface area (Å²) in [6.45, 7) is 5.35. The van der Waals surface area contributed by atoms with E-state index in [1.54, 1.807) is 18.2 Å². The number of hydrogen-bond donors (Lipinski definition) is 1. The first-order valence-corrected chi connectivity index (χ1v) is 8.90. The molecule has 0 spiro atoms. The van der Waals surface area contributed by atoms with E-state index < -0.39 is 0 Å². The number of hydrogen-bond acceptors (Lipinski definition) is 4. The number of benzene rings is 1. The van der Waals surface area contributed by atoms with E-state index in [-0.39, 0.29) is 5.91 Å². The number of carbonyl (C=O) groups is 1. The van der Waals surface area contributed by atoms with Crippen molar-refractivity contribution >= 4 is 5.91 Å². The Labute approximate surface area is 159 Å². The van der Waals surface area contributed by atoms with E-state index in [1.807, 2.05) is 56.3 Å². The van der Waals surface area contributed by atoms with Crippen LogP contribution in [-0.2, 0) is 11.3 Å². The molecular formula is C21H24N4O2. The molecule has 6 heteroatoms. The van der Waals surface area contributed by atoms with Crippen LogP contribution in [0, 0.1) is 13.8 Å². The Balaban J connectivity index is 1.79. The zero-order valence-corrected chi connectivity index (χ0v) is 15.9. The van der Waals surface area contributed by atoms with Crippen LogP contribution >= 0.6 is 0 Å². The van der Waals surface area contributed by atoms with Crippen LogP contribution in [0.4, 0.5) is 0 Å². The third-order valence-electron chi connectivity index (χ3n) is 4.34. The molecule has 0 aliphatic heterocycles. The predicted molar refractivity (Wildman–Crippen MR) is 104 cm³/mol. The maximum Gasteiger partial charge on any atom is 0.254 e. The Bertz CT molecular complexity index is 888. The highest BCUT2D eigenvalue weighted by Crippen LogP contribution is 2.22. The van der Waals surface area contributed by atoms with E-state index in [4.69, 9.17) is 4.74 Å². The number of rotatable bonds is 7. The second-order valence-corrected chi connectivity index (χ2v) is 6.41. The van der Waals surface area contributed by atoms with E-state index in [0.717, 1.165) is 28.5 Å². The van der Waals surface area contributed by atoms with Crippen molar-refractivity contribution in [2.75, 3.05) is 20.3 Å². The molecular weight excluding hydrogens is 340 g/mol. The van der Waals surface area contributed by atoms with E-state index in [1.165, 1.54) is 0 Å². The minimum Gasteiger partial charge on any atom is -0.383 e. The third-order valence-corrected chi connectivity index (χ3v) is 4.34. The van der Waals surface area contributed by atoms with Crippen LogP contribution in [-0.4, -0.2) is 46.0 Å². The normalized spacial score (nSPS) is 10.8. The van der Waals surface area contributed by atoms with Gasteiger partial charge in [0, 0.05) is 36.7 Å². The zero-order valence-electron chi connectivity index (χ0n) is 15.9. The summed E-state index contributed by atoms with van der Waals surface area (Å²) in [5.41, 5.74) is 4.40. The first kappa shape index (κ1) is 18.8. The van der Waals surface area contributed by atoms with Crippen molar-refractivity contribution in [1.29, 1.82) is 0 Å². The second-order valence-electron chi connectivity index (χ2n) is 6.41. The molecule has 0 saturated carbocycles. The molecule has 0 saturated heterocycles. The SMILES string of the molecule is COCCN(Cc1ccccn1)C(=O)c1ccc(-c2nc(C)[nH]c2C)cc1. The van der Waals surface area contributed by atoms with Crippen molar-refractivity contribution in [2.24, 2.45) is 0 Å². The van der Waals surface area contributed by atoms with Crippen LogP contribution < -0.4 is 0 Å². The predicted octanol–water partition coefficient (Wildman–Crippen LogP) is 3.38. The highest BCUT2D eigenvalue weighted by atomic mass is 16.5. The number of aromatic amines is 1. The fraction of sp³-hybridized carbons (Fsp3) is 0.286. The Kier molecular flexibility index (Phi) is 5.98. The number of methoxy groups -OCH3 is 1. The third kappa shape index (κ3) is 4.60. The van der Waals surface area contributed by atoms with Gasteiger partial charge in [-0.15, -0.1) is 0 Å². The van der Waals surface area contributed by atoms with E-state index in [0.29, 0.717) is 25.3 Å². The lowest BCUT2D eigenvalue weighted by atomic mass is 10.1. The van der Waals surface area contributed by atoms with Gasteiger partial charge in [-0.05, 0) is 38.1 Å². The quantitative estimate of drug-likeness (QED) is 0.698. The number of ether oxygens (including phenoxy) is 1. The lowest BCUT2D eigenvalue weighted by molar-refractivity contribution is 0.0678. The maximum absolute atomic E-state index is 13.0. The van der Waals surface area contributed by atoms with Crippen molar-refractivity contribution in [3.63, 3.8) is 0 Å². The summed E-state index contributed by atoms with van der Waals surface area (Å²) in [5, 5.41) is 0. The molecule has 2 heterocycles. The molecule has 0 aliphatic rings. The van der Waals surface area contributed by atoms with Crippen molar-refractivity contribution < 1.29 is 9.53 Å². The molecule has 0 unspecified atom stereocenters. The second kappa shape index (κ2) is 8.60. The molecule has 0 aliphatic carbocycles. The van der Waals surface area contributed by atoms with Crippen LogP contribution in [0.3, 0.4) is 0 Å². The van der Waals surface area contributed by atoms with E-state index in [9.17, 15) is 4.79 Å². The minimum atomic E-state index is -0.0424. The zero-order chi connectivity index (χ0) is 19.2. The summed E-state index contributed by atoms with van der Waals surface area (Å²) in [4.78, 5) is 26.8. The largest absolute Gasteiger partial charge is 0.383 e. The summed E-state index contributed by atoms with van der Waals surface area (Å²) in [5.74, 6) is 0.836. The van der Waals surface area contributed by atoms with Gasteiger partial charge in [-0.25, -0.2) is 4.98 Å². The monoisotopic (exact) mass is 364 g/mol. The first-order chi connectivity index (χ1) is 13.1. The average Bonchev–Trinajstić information content (AvgIpc) is 3.03. The smallest absolute Gasteiger partial charge is 0.254 e. The highest BCUT2D eigenvalue weighted by molar-refractivity contribution is 5.94. The van der Waals surface area contributed by atoms with Crippen LogP contribution in [0.1, 0.15) is 27.6 Å². The number of aryl methyl sites for hydroxylation is 2. The number of pyridine rings is 1. The van der Waals surface area contributed by atoms with Gasteiger partial charge in [0.1, 0.15) is 5.82 Å². The summed E-state index contributed by atoms with van der Waals surface area (Å²) in [7, 11) is 1.63. The minimum absolute atomic E-state index is 0.0424. The van der Waals surface area contributed by atoms with Gasteiger partial charge in [0.15, 0.2) is 0 Å². The number of nitrogens with one attached hydrogen (secondary N) is 1. The molecule has 0 radical (unpaired) electrons. The summed E-state index contributed by atoms with van der Waals surface area (Å²) >= 11 is 0. The number of carbonyl (C=O) groups excluding carboxylic acids is 1. The number of H-pyrrole nitrogens is 1. The van der Waals surface area contributed by atoms with Gasteiger partial charge >= 0.3 is 0 Å². The van der Waals surface area contributed by atoms with Crippen molar-refractivity contribution in [3.8, 4) is 11.3 Å². The summed E-state index contributed by atoms with van der Waals surface area (Å²) in [6.07, 6.45) is 1.73. The lowest BCUT2D eigenvalue weighted by Crippen LogP contribution is -2.33. The number of amides is 1.